The zero-order valence-electron chi connectivity index (χ0n) is 19.4. The molecular weight excluding hydrogens is 406 g/mol. The zero-order valence-corrected chi connectivity index (χ0v) is 19.4. The van der Waals surface area contributed by atoms with E-state index in [9.17, 15) is 9.59 Å². The second-order valence-corrected chi connectivity index (χ2v) is 9.07. The number of rotatable bonds is 7. The minimum atomic E-state index is -0.435. The molecular formula is C25H33N3O4. The minimum Gasteiger partial charge on any atom is -0.494 e. The van der Waals surface area contributed by atoms with Gasteiger partial charge in [0.15, 0.2) is 0 Å². The van der Waals surface area contributed by atoms with Crippen LogP contribution in [0.4, 0.5) is 0 Å². The topological polar surface area (TPSA) is 80.8 Å². The van der Waals surface area contributed by atoms with Crippen molar-refractivity contribution in [2.75, 3.05) is 19.7 Å². The maximum atomic E-state index is 12.7. The van der Waals surface area contributed by atoms with Gasteiger partial charge in [-0.05, 0) is 55.7 Å². The molecule has 3 rings (SSSR count). The number of carbonyl (C=O) groups excluding carboxylic acids is 2. The smallest absolute Gasteiger partial charge is 0.227 e. The minimum absolute atomic E-state index is 0.0257. The number of nitrogens with zero attached hydrogens (tertiary/aromatic N) is 2. The summed E-state index contributed by atoms with van der Waals surface area (Å²) in [7, 11) is 0. The van der Waals surface area contributed by atoms with E-state index in [1.807, 2.05) is 69.0 Å². The Kier molecular flexibility index (Phi) is 7.72. The van der Waals surface area contributed by atoms with Gasteiger partial charge in [-0.25, -0.2) is 4.98 Å². The molecule has 172 valence electrons. The van der Waals surface area contributed by atoms with Crippen LogP contribution in [0, 0.1) is 11.3 Å². The van der Waals surface area contributed by atoms with E-state index in [4.69, 9.17) is 9.47 Å². The van der Waals surface area contributed by atoms with Crippen LogP contribution in [0.25, 0.3) is 0 Å². The second kappa shape index (κ2) is 10.5. The van der Waals surface area contributed by atoms with E-state index >= 15 is 0 Å². The third kappa shape index (κ3) is 6.45. The van der Waals surface area contributed by atoms with Crippen LogP contribution in [-0.4, -0.2) is 41.4 Å². The van der Waals surface area contributed by atoms with E-state index < -0.39 is 5.41 Å². The Bertz CT molecular complexity index is 922. The quantitative estimate of drug-likeness (QED) is 0.700. The van der Waals surface area contributed by atoms with Crippen molar-refractivity contribution < 1.29 is 19.1 Å². The van der Waals surface area contributed by atoms with E-state index in [1.54, 1.807) is 6.20 Å². The Labute approximate surface area is 190 Å². The molecule has 0 bridgehead atoms. The summed E-state index contributed by atoms with van der Waals surface area (Å²) in [6.07, 6.45) is 3.30. The first kappa shape index (κ1) is 23.6. The average molecular weight is 440 g/mol. The molecule has 7 heteroatoms. The highest BCUT2D eigenvalue weighted by Crippen LogP contribution is 2.25. The molecule has 0 saturated carbocycles. The highest BCUT2D eigenvalue weighted by atomic mass is 16.5. The molecule has 1 aliphatic heterocycles. The Morgan fingerprint density at radius 1 is 1.16 bits per heavy atom. The Morgan fingerprint density at radius 3 is 2.56 bits per heavy atom. The predicted octanol–water partition coefficient (Wildman–Crippen LogP) is 4.17. The van der Waals surface area contributed by atoms with Crippen molar-refractivity contribution in [1.29, 1.82) is 0 Å². The van der Waals surface area contributed by atoms with Gasteiger partial charge in [0.25, 0.3) is 0 Å². The maximum Gasteiger partial charge on any atom is 0.227 e. The molecule has 7 nitrogen and oxygen atoms in total. The van der Waals surface area contributed by atoms with Gasteiger partial charge in [-0.1, -0.05) is 20.8 Å². The molecule has 2 heterocycles. The van der Waals surface area contributed by atoms with Crippen LogP contribution in [0.5, 0.6) is 17.4 Å². The van der Waals surface area contributed by atoms with Gasteiger partial charge >= 0.3 is 0 Å². The van der Waals surface area contributed by atoms with Gasteiger partial charge in [0.05, 0.1) is 12.5 Å². The number of likely N-dealkylation sites (tertiary alicyclic amines) is 1. The Hall–Kier alpha value is -3.09. The average Bonchev–Trinajstić information content (AvgIpc) is 2.78. The van der Waals surface area contributed by atoms with Crippen LogP contribution in [0.3, 0.4) is 0 Å². The van der Waals surface area contributed by atoms with Crippen molar-refractivity contribution in [1.82, 2.24) is 15.2 Å². The number of pyridine rings is 1. The highest BCUT2D eigenvalue weighted by molar-refractivity contribution is 5.83. The summed E-state index contributed by atoms with van der Waals surface area (Å²) in [5.74, 6) is 1.79. The van der Waals surface area contributed by atoms with Crippen LogP contribution < -0.4 is 14.8 Å². The van der Waals surface area contributed by atoms with Crippen LogP contribution in [0.15, 0.2) is 42.6 Å². The van der Waals surface area contributed by atoms with Crippen molar-refractivity contribution in [3.63, 3.8) is 0 Å². The summed E-state index contributed by atoms with van der Waals surface area (Å²) in [4.78, 5) is 31.4. The number of hydrogen-bond acceptors (Lipinski definition) is 5. The lowest BCUT2D eigenvalue weighted by Crippen LogP contribution is -2.48. The lowest BCUT2D eigenvalue weighted by atomic mass is 9.91. The Balaban J connectivity index is 1.54. The first-order chi connectivity index (χ1) is 15.3. The van der Waals surface area contributed by atoms with Crippen molar-refractivity contribution in [3.8, 4) is 17.4 Å². The fourth-order valence-corrected chi connectivity index (χ4v) is 3.69. The molecule has 1 atom stereocenters. The number of ether oxygens (including phenoxy) is 2. The molecule has 1 aromatic carbocycles. The standard InChI is InChI=1S/C25H33N3O4/c1-5-31-20-8-10-21(11-9-20)32-22-15-18(12-13-26-22)16-27-23(29)19-7-6-14-28(17-19)24(30)25(2,3)4/h8-13,15,19H,5-7,14,16-17H2,1-4H3,(H,27,29). The van der Waals surface area contributed by atoms with E-state index in [0.717, 1.165) is 30.7 Å². The molecule has 1 aliphatic rings. The summed E-state index contributed by atoms with van der Waals surface area (Å²) in [5.41, 5.74) is 0.461. The molecule has 1 unspecified atom stereocenters. The van der Waals surface area contributed by atoms with E-state index in [0.29, 0.717) is 31.3 Å². The number of aromatic nitrogens is 1. The van der Waals surface area contributed by atoms with Crippen molar-refractivity contribution >= 4 is 11.8 Å². The number of piperidine rings is 1. The number of nitrogens with one attached hydrogen (secondary N) is 1. The summed E-state index contributed by atoms with van der Waals surface area (Å²) in [6, 6.07) is 11.0. The molecule has 0 spiro atoms. The normalized spacial score (nSPS) is 16.4. The molecule has 2 amide bonds. The monoisotopic (exact) mass is 439 g/mol. The number of benzene rings is 1. The molecule has 32 heavy (non-hydrogen) atoms. The van der Waals surface area contributed by atoms with Crippen molar-refractivity contribution in [3.05, 3.63) is 48.2 Å². The van der Waals surface area contributed by atoms with Gasteiger partial charge < -0.3 is 19.7 Å². The lowest BCUT2D eigenvalue weighted by molar-refractivity contribution is -0.142. The summed E-state index contributed by atoms with van der Waals surface area (Å²) >= 11 is 0. The molecule has 1 aromatic heterocycles. The van der Waals surface area contributed by atoms with Crippen LogP contribution >= 0.6 is 0 Å². The van der Waals surface area contributed by atoms with Gasteiger partial charge in [-0.2, -0.15) is 0 Å². The third-order valence-electron chi connectivity index (χ3n) is 5.34. The van der Waals surface area contributed by atoms with Gasteiger partial charge in [-0.3, -0.25) is 9.59 Å². The molecule has 1 fully saturated rings. The zero-order chi connectivity index (χ0) is 23.1. The van der Waals surface area contributed by atoms with Crippen LogP contribution in [0.1, 0.15) is 46.1 Å². The largest absolute Gasteiger partial charge is 0.494 e. The fourth-order valence-electron chi connectivity index (χ4n) is 3.69. The summed E-state index contributed by atoms with van der Waals surface area (Å²) in [5, 5.41) is 3.00. The fraction of sp³-hybridized carbons (Fsp3) is 0.480. The molecule has 0 radical (unpaired) electrons. The number of hydrogen-bond donors (Lipinski definition) is 1. The summed E-state index contributed by atoms with van der Waals surface area (Å²) < 4.78 is 11.3. The van der Waals surface area contributed by atoms with Crippen molar-refractivity contribution in [2.24, 2.45) is 11.3 Å². The molecule has 1 N–H and O–H groups in total. The van der Waals surface area contributed by atoms with Crippen molar-refractivity contribution in [2.45, 2.75) is 47.1 Å². The molecule has 0 aliphatic carbocycles. The molecule has 1 saturated heterocycles. The second-order valence-electron chi connectivity index (χ2n) is 9.07. The third-order valence-corrected chi connectivity index (χ3v) is 5.34. The molecule has 2 aromatic rings. The first-order valence-corrected chi connectivity index (χ1v) is 11.2. The van der Waals surface area contributed by atoms with E-state index in [2.05, 4.69) is 10.3 Å². The van der Waals surface area contributed by atoms with E-state index in [1.165, 1.54) is 0 Å². The first-order valence-electron chi connectivity index (χ1n) is 11.2. The maximum absolute atomic E-state index is 12.7. The van der Waals surface area contributed by atoms with Crippen LogP contribution in [0.2, 0.25) is 0 Å². The predicted molar refractivity (Wildman–Crippen MR) is 123 cm³/mol. The van der Waals surface area contributed by atoms with Gasteiger partial charge in [0, 0.05) is 37.3 Å². The van der Waals surface area contributed by atoms with Gasteiger partial charge in [0.2, 0.25) is 17.7 Å². The van der Waals surface area contributed by atoms with Crippen LogP contribution in [-0.2, 0) is 16.1 Å². The number of amides is 2. The van der Waals surface area contributed by atoms with E-state index in [-0.39, 0.29) is 17.7 Å². The SMILES string of the molecule is CCOc1ccc(Oc2cc(CNC(=O)C3CCCN(C(=O)C(C)(C)C)C3)ccn2)cc1. The van der Waals surface area contributed by atoms with Gasteiger partial charge in [0.1, 0.15) is 11.5 Å². The summed E-state index contributed by atoms with van der Waals surface area (Å²) in [6.45, 7) is 9.86. The Morgan fingerprint density at radius 2 is 1.88 bits per heavy atom. The lowest BCUT2D eigenvalue weighted by Gasteiger charge is -2.35. The number of carbonyl (C=O) groups is 2. The highest BCUT2D eigenvalue weighted by Gasteiger charge is 2.33. The van der Waals surface area contributed by atoms with Gasteiger partial charge in [-0.15, -0.1) is 0 Å².